The average Bonchev–Trinajstić information content (AvgIpc) is 2.98. The van der Waals surface area contributed by atoms with Gasteiger partial charge in [0.1, 0.15) is 6.10 Å². The molecule has 0 radical (unpaired) electrons. The minimum Gasteiger partial charge on any atom is -0.380 e. The van der Waals surface area contributed by atoms with Gasteiger partial charge >= 0.3 is 0 Å². The molecule has 1 atom stereocenters. The SMILES string of the molecule is OC(c1cnccn1)c1ccn(-c2ccccc2)n1. The van der Waals surface area contributed by atoms with Crippen LogP contribution in [0.25, 0.3) is 5.69 Å². The van der Waals surface area contributed by atoms with Crippen LogP contribution < -0.4 is 0 Å². The monoisotopic (exact) mass is 252 g/mol. The second-order valence-electron chi connectivity index (χ2n) is 4.05. The van der Waals surface area contributed by atoms with Crippen LogP contribution in [0.1, 0.15) is 17.5 Å². The number of hydrogen-bond donors (Lipinski definition) is 1. The molecule has 0 amide bonds. The third kappa shape index (κ3) is 2.36. The summed E-state index contributed by atoms with van der Waals surface area (Å²) in [6.45, 7) is 0. The topological polar surface area (TPSA) is 63.8 Å². The molecule has 5 nitrogen and oxygen atoms in total. The highest BCUT2D eigenvalue weighted by Crippen LogP contribution is 2.18. The number of aromatic nitrogens is 4. The fourth-order valence-corrected chi connectivity index (χ4v) is 1.81. The van der Waals surface area contributed by atoms with Gasteiger partial charge in [-0.15, -0.1) is 0 Å². The van der Waals surface area contributed by atoms with Crippen LogP contribution in [-0.4, -0.2) is 24.9 Å². The van der Waals surface area contributed by atoms with Crippen LogP contribution in [0, 0.1) is 0 Å². The lowest BCUT2D eigenvalue weighted by molar-refractivity contribution is 0.209. The van der Waals surface area contributed by atoms with E-state index in [9.17, 15) is 5.11 Å². The summed E-state index contributed by atoms with van der Waals surface area (Å²) in [6, 6.07) is 11.5. The van der Waals surface area contributed by atoms with E-state index in [0.29, 0.717) is 11.4 Å². The van der Waals surface area contributed by atoms with E-state index in [0.717, 1.165) is 5.69 Å². The summed E-state index contributed by atoms with van der Waals surface area (Å²) in [7, 11) is 0. The van der Waals surface area contributed by atoms with Gasteiger partial charge in [-0.1, -0.05) is 18.2 Å². The van der Waals surface area contributed by atoms with Crippen LogP contribution in [0.3, 0.4) is 0 Å². The van der Waals surface area contributed by atoms with Crippen molar-refractivity contribution in [2.24, 2.45) is 0 Å². The lowest BCUT2D eigenvalue weighted by Gasteiger charge is -2.06. The van der Waals surface area contributed by atoms with Crippen LogP contribution >= 0.6 is 0 Å². The normalized spacial score (nSPS) is 12.3. The van der Waals surface area contributed by atoms with Gasteiger partial charge in [0.25, 0.3) is 0 Å². The molecule has 0 spiro atoms. The van der Waals surface area contributed by atoms with Gasteiger partial charge in [-0.05, 0) is 18.2 Å². The molecule has 2 aromatic heterocycles. The Bertz CT molecular complexity index is 651. The van der Waals surface area contributed by atoms with Crippen molar-refractivity contribution in [3.8, 4) is 5.69 Å². The minimum atomic E-state index is -0.862. The average molecular weight is 252 g/mol. The summed E-state index contributed by atoms with van der Waals surface area (Å²) in [5.41, 5.74) is 1.98. The van der Waals surface area contributed by atoms with E-state index in [4.69, 9.17) is 0 Å². The van der Waals surface area contributed by atoms with E-state index >= 15 is 0 Å². The molecule has 0 bridgehead atoms. The number of hydrogen-bond acceptors (Lipinski definition) is 4. The molecule has 2 heterocycles. The number of aliphatic hydroxyl groups is 1. The number of rotatable bonds is 3. The molecule has 0 saturated carbocycles. The zero-order valence-electron chi connectivity index (χ0n) is 10.1. The highest BCUT2D eigenvalue weighted by atomic mass is 16.3. The molecule has 0 aliphatic carbocycles. The predicted octanol–water partition coefficient (Wildman–Crippen LogP) is 1.74. The molecular weight excluding hydrogens is 240 g/mol. The Hall–Kier alpha value is -2.53. The molecule has 1 unspecified atom stereocenters. The Balaban J connectivity index is 1.90. The summed E-state index contributed by atoms with van der Waals surface area (Å²) < 4.78 is 1.72. The first kappa shape index (κ1) is 11.6. The Kier molecular flexibility index (Phi) is 3.04. The van der Waals surface area contributed by atoms with E-state index < -0.39 is 6.10 Å². The summed E-state index contributed by atoms with van der Waals surface area (Å²) >= 11 is 0. The fraction of sp³-hybridized carbons (Fsp3) is 0.0714. The first-order valence-electron chi connectivity index (χ1n) is 5.89. The molecule has 0 saturated heterocycles. The van der Waals surface area contributed by atoms with Gasteiger partial charge in [-0.2, -0.15) is 5.10 Å². The van der Waals surface area contributed by atoms with Crippen LogP contribution in [0.15, 0.2) is 61.2 Å². The Morgan fingerprint density at radius 3 is 2.58 bits per heavy atom. The van der Waals surface area contributed by atoms with Gasteiger partial charge < -0.3 is 5.11 Å². The van der Waals surface area contributed by atoms with Crippen molar-refractivity contribution >= 4 is 0 Å². The molecule has 94 valence electrons. The standard InChI is InChI=1S/C14H12N4O/c19-14(13-10-15-7-8-16-13)12-6-9-18(17-12)11-4-2-1-3-5-11/h1-10,14,19H. The highest BCUT2D eigenvalue weighted by molar-refractivity contribution is 5.31. The second kappa shape index (κ2) is 4.99. The van der Waals surface area contributed by atoms with Gasteiger partial charge in [0, 0.05) is 18.6 Å². The van der Waals surface area contributed by atoms with Crippen LogP contribution in [-0.2, 0) is 0 Å². The molecule has 3 rings (SSSR count). The first-order valence-corrected chi connectivity index (χ1v) is 5.89. The fourth-order valence-electron chi connectivity index (χ4n) is 1.81. The maximum absolute atomic E-state index is 10.2. The lowest BCUT2D eigenvalue weighted by atomic mass is 10.2. The second-order valence-corrected chi connectivity index (χ2v) is 4.05. The zero-order valence-corrected chi connectivity index (χ0v) is 10.1. The number of benzene rings is 1. The maximum Gasteiger partial charge on any atom is 0.141 e. The quantitative estimate of drug-likeness (QED) is 0.771. The molecule has 0 aliphatic rings. The van der Waals surface area contributed by atoms with Crippen LogP contribution in [0.5, 0.6) is 0 Å². The van der Waals surface area contributed by atoms with Crippen LogP contribution in [0.2, 0.25) is 0 Å². The molecule has 0 aliphatic heterocycles. The summed E-state index contributed by atoms with van der Waals surface area (Å²) in [6.07, 6.45) is 5.60. The van der Waals surface area contributed by atoms with E-state index in [1.165, 1.54) is 6.20 Å². The Labute approximate surface area is 110 Å². The Morgan fingerprint density at radius 1 is 1.00 bits per heavy atom. The van der Waals surface area contributed by atoms with Crippen molar-refractivity contribution in [1.82, 2.24) is 19.7 Å². The van der Waals surface area contributed by atoms with Crippen molar-refractivity contribution < 1.29 is 5.11 Å². The molecular formula is C14H12N4O. The van der Waals surface area contributed by atoms with Crippen molar-refractivity contribution in [3.63, 3.8) is 0 Å². The van der Waals surface area contributed by atoms with Gasteiger partial charge in [0.2, 0.25) is 0 Å². The molecule has 19 heavy (non-hydrogen) atoms. The minimum absolute atomic E-state index is 0.487. The predicted molar refractivity (Wildman–Crippen MR) is 69.7 cm³/mol. The number of para-hydroxylation sites is 1. The number of nitrogens with zero attached hydrogens (tertiary/aromatic N) is 4. The summed E-state index contributed by atoms with van der Waals surface area (Å²) in [5.74, 6) is 0. The van der Waals surface area contributed by atoms with Crippen molar-refractivity contribution in [2.75, 3.05) is 0 Å². The molecule has 0 fully saturated rings. The van der Waals surface area contributed by atoms with Crippen molar-refractivity contribution in [3.05, 3.63) is 72.6 Å². The first-order chi connectivity index (χ1) is 9.34. The largest absolute Gasteiger partial charge is 0.380 e. The van der Waals surface area contributed by atoms with Crippen LogP contribution in [0.4, 0.5) is 0 Å². The smallest absolute Gasteiger partial charge is 0.141 e. The van der Waals surface area contributed by atoms with Gasteiger partial charge in [-0.3, -0.25) is 9.97 Å². The van der Waals surface area contributed by atoms with E-state index in [1.807, 2.05) is 36.5 Å². The maximum atomic E-state index is 10.2. The highest BCUT2D eigenvalue weighted by Gasteiger charge is 2.15. The Morgan fingerprint density at radius 2 is 1.84 bits per heavy atom. The zero-order chi connectivity index (χ0) is 13.1. The molecule has 5 heteroatoms. The van der Waals surface area contributed by atoms with E-state index in [-0.39, 0.29) is 0 Å². The van der Waals surface area contributed by atoms with Gasteiger partial charge in [0.15, 0.2) is 0 Å². The number of aliphatic hydroxyl groups excluding tert-OH is 1. The molecule has 3 aromatic rings. The lowest BCUT2D eigenvalue weighted by Crippen LogP contribution is -2.04. The van der Waals surface area contributed by atoms with Crippen molar-refractivity contribution in [1.29, 1.82) is 0 Å². The van der Waals surface area contributed by atoms with Crippen molar-refractivity contribution in [2.45, 2.75) is 6.10 Å². The summed E-state index contributed by atoms with van der Waals surface area (Å²) in [4.78, 5) is 8.01. The van der Waals surface area contributed by atoms with E-state index in [1.54, 1.807) is 23.1 Å². The van der Waals surface area contributed by atoms with Gasteiger partial charge in [0.05, 0.1) is 23.3 Å². The molecule has 1 N–H and O–H groups in total. The third-order valence-electron chi connectivity index (χ3n) is 2.77. The third-order valence-corrected chi connectivity index (χ3v) is 2.77. The van der Waals surface area contributed by atoms with E-state index in [2.05, 4.69) is 15.1 Å². The molecule has 1 aromatic carbocycles. The summed E-state index contributed by atoms with van der Waals surface area (Å²) in [5, 5.41) is 14.5. The van der Waals surface area contributed by atoms with Gasteiger partial charge in [-0.25, -0.2) is 4.68 Å².